The van der Waals surface area contributed by atoms with Gasteiger partial charge in [0, 0.05) is 33.2 Å². The number of carbonyl (C=O) groups is 1. The SMILES string of the molecule is CN(CC1CCOCC1)C(=O)CC1(CN)CCC1. The topological polar surface area (TPSA) is 55.6 Å². The first kappa shape index (κ1) is 13.8. The van der Waals surface area contributed by atoms with Gasteiger partial charge in [0.05, 0.1) is 0 Å². The lowest BCUT2D eigenvalue weighted by Gasteiger charge is -2.41. The summed E-state index contributed by atoms with van der Waals surface area (Å²) in [7, 11) is 1.93. The van der Waals surface area contributed by atoms with Gasteiger partial charge >= 0.3 is 0 Å². The Labute approximate surface area is 110 Å². The summed E-state index contributed by atoms with van der Waals surface area (Å²) in [5, 5.41) is 0. The lowest BCUT2D eigenvalue weighted by molar-refractivity contribution is -0.134. The van der Waals surface area contributed by atoms with E-state index in [1.807, 2.05) is 11.9 Å². The number of rotatable bonds is 5. The molecule has 0 aromatic rings. The second-order valence-electron chi connectivity index (χ2n) is 6.06. The predicted octanol–water partition coefficient (Wildman–Crippen LogP) is 1.39. The van der Waals surface area contributed by atoms with E-state index in [-0.39, 0.29) is 11.3 Å². The van der Waals surface area contributed by atoms with E-state index in [0.717, 1.165) is 45.4 Å². The second kappa shape index (κ2) is 6.02. The van der Waals surface area contributed by atoms with E-state index < -0.39 is 0 Å². The van der Waals surface area contributed by atoms with E-state index in [4.69, 9.17) is 10.5 Å². The van der Waals surface area contributed by atoms with Crippen LogP contribution < -0.4 is 5.73 Å². The Morgan fingerprint density at radius 2 is 2.06 bits per heavy atom. The maximum atomic E-state index is 12.2. The van der Waals surface area contributed by atoms with Crippen LogP contribution in [0.4, 0.5) is 0 Å². The highest BCUT2D eigenvalue weighted by atomic mass is 16.5. The van der Waals surface area contributed by atoms with Crippen LogP contribution in [0.3, 0.4) is 0 Å². The maximum absolute atomic E-state index is 12.2. The minimum absolute atomic E-state index is 0.126. The molecule has 4 nitrogen and oxygen atoms in total. The number of hydrogen-bond acceptors (Lipinski definition) is 3. The van der Waals surface area contributed by atoms with Crippen molar-refractivity contribution in [2.24, 2.45) is 17.1 Å². The minimum Gasteiger partial charge on any atom is -0.381 e. The third kappa shape index (κ3) is 3.23. The molecule has 1 saturated carbocycles. The van der Waals surface area contributed by atoms with E-state index in [2.05, 4.69) is 0 Å². The molecule has 1 heterocycles. The lowest BCUT2D eigenvalue weighted by Crippen LogP contribution is -2.43. The van der Waals surface area contributed by atoms with Crippen molar-refractivity contribution in [3.8, 4) is 0 Å². The van der Waals surface area contributed by atoms with Crippen LogP contribution in [0.5, 0.6) is 0 Å². The zero-order valence-corrected chi connectivity index (χ0v) is 11.5. The molecule has 0 aromatic heterocycles. The Morgan fingerprint density at radius 3 is 2.56 bits per heavy atom. The summed E-state index contributed by atoms with van der Waals surface area (Å²) in [5.74, 6) is 0.884. The fourth-order valence-electron chi connectivity index (χ4n) is 3.00. The molecule has 4 heteroatoms. The van der Waals surface area contributed by atoms with Gasteiger partial charge in [0.1, 0.15) is 0 Å². The molecule has 104 valence electrons. The third-order valence-electron chi connectivity index (χ3n) is 4.67. The molecule has 1 amide bonds. The van der Waals surface area contributed by atoms with Gasteiger partial charge in [0.2, 0.25) is 5.91 Å². The first-order valence-corrected chi connectivity index (χ1v) is 7.17. The van der Waals surface area contributed by atoms with Crippen LogP contribution in [0.25, 0.3) is 0 Å². The number of hydrogen-bond donors (Lipinski definition) is 1. The molecule has 2 aliphatic rings. The normalized spacial score (nSPS) is 23.4. The van der Waals surface area contributed by atoms with Crippen LogP contribution in [0.15, 0.2) is 0 Å². The first-order chi connectivity index (χ1) is 8.65. The Morgan fingerprint density at radius 1 is 1.39 bits per heavy atom. The van der Waals surface area contributed by atoms with Gasteiger partial charge in [-0.3, -0.25) is 4.79 Å². The molecule has 2 N–H and O–H groups in total. The van der Waals surface area contributed by atoms with Crippen molar-refractivity contribution in [1.82, 2.24) is 4.90 Å². The van der Waals surface area contributed by atoms with Gasteiger partial charge in [-0.2, -0.15) is 0 Å². The monoisotopic (exact) mass is 254 g/mol. The standard InChI is InChI=1S/C14H26N2O2/c1-16(10-12-3-7-18-8-4-12)13(17)9-14(11-15)5-2-6-14/h12H,2-11,15H2,1H3. The fraction of sp³-hybridized carbons (Fsp3) is 0.929. The smallest absolute Gasteiger partial charge is 0.222 e. The van der Waals surface area contributed by atoms with Gasteiger partial charge in [-0.25, -0.2) is 0 Å². The van der Waals surface area contributed by atoms with Crippen LogP contribution in [0, 0.1) is 11.3 Å². The van der Waals surface area contributed by atoms with Crippen molar-refractivity contribution >= 4 is 5.91 Å². The Hall–Kier alpha value is -0.610. The third-order valence-corrected chi connectivity index (χ3v) is 4.67. The van der Waals surface area contributed by atoms with E-state index in [0.29, 0.717) is 18.9 Å². The van der Waals surface area contributed by atoms with E-state index in [1.54, 1.807) is 0 Å². The molecular formula is C14H26N2O2. The van der Waals surface area contributed by atoms with Crippen LogP contribution >= 0.6 is 0 Å². The molecule has 0 bridgehead atoms. The van der Waals surface area contributed by atoms with Gasteiger partial charge in [0.15, 0.2) is 0 Å². The van der Waals surface area contributed by atoms with E-state index in [1.165, 1.54) is 6.42 Å². The highest BCUT2D eigenvalue weighted by Gasteiger charge is 2.38. The summed E-state index contributed by atoms with van der Waals surface area (Å²) >= 11 is 0. The largest absolute Gasteiger partial charge is 0.381 e. The van der Waals surface area contributed by atoms with Crippen molar-refractivity contribution in [3.63, 3.8) is 0 Å². The molecule has 0 radical (unpaired) electrons. The van der Waals surface area contributed by atoms with E-state index in [9.17, 15) is 4.79 Å². The summed E-state index contributed by atoms with van der Waals surface area (Å²) in [6.07, 6.45) is 6.29. The molecule has 18 heavy (non-hydrogen) atoms. The van der Waals surface area contributed by atoms with Gasteiger partial charge in [-0.1, -0.05) is 6.42 Å². The molecule has 1 saturated heterocycles. The quantitative estimate of drug-likeness (QED) is 0.806. The number of nitrogens with zero attached hydrogens (tertiary/aromatic N) is 1. The summed E-state index contributed by atoms with van der Waals surface area (Å²) in [6.45, 7) is 3.23. The molecule has 0 atom stereocenters. The van der Waals surface area contributed by atoms with Crippen LogP contribution in [-0.2, 0) is 9.53 Å². The highest BCUT2D eigenvalue weighted by molar-refractivity contribution is 5.76. The summed E-state index contributed by atoms with van der Waals surface area (Å²) < 4.78 is 5.35. The first-order valence-electron chi connectivity index (χ1n) is 7.17. The molecule has 2 rings (SSSR count). The molecule has 2 fully saturated rings. The molecular weight excluding hydrogens is 228 g/mol. The summed E-state index contributed by atoms with van der Waals surface area (Å²) in [5.41, 5.74) is 5.94. The number of amides is 1. The average Bonchev–Trinajstić information content (AvgIpc) is 2.34. The lowest BCUT2D eigenvalue weighted by atomic mass is 9.66. The van der Waals surface area contributed by atoms with Gasteiger partial charge < -0.3 is 15.4 Å². The van der Waals surface area contributed by atoms with Gasteiger partial charge in [0.25, 0.3) is 0 Å². The highest BCUT2D eigenvalue weighted by Crippen LogP contribution is 2.43. The van der Waals surface area contributed by atoms with Crippen molar-refractivity contribution in [1.29, 1.82) is 0 Å². The van der Waals surface area contributed by atoms with Crippen LogP contribution in [-0.4, -0.2) is 44.2 Å². The Kier molecular flexibility index (Phi) is 4.62. The van der Waals surface area contributed by atoms with Gasteiger partial charge in [-0.05, 0) is 43.6 Å². The van der Waals surface area contributed by atoms with E-state index >= 15 is 0 Å². The summed E-state index contributed by atoms with van der Waals surface area (Å²) in [4.78, 5) is 14.1. The van der Waals surface area contributed by atoms with Crippen molar-refractivity contribution in [3.05, 3.63) is 0 Å². The molecule has 0 aromatic carbocycles. The molecule has 1 aliphatic heterocycles. The van der Waals surface area contributed by atoms with Crippen molar-refractivity contribution < 1.29 is 9.53 Å². The predicted molar refractivity (Wildman–Crippen MR) is 71.1 cm³/mol. The zero-order valence-electron chi connectivity index (χ0n) is 11.5. The van der Waals surface area contributed by atoms with Crippen molar-refractivity contribution in [2.75, 3.05) is 33.4 Å². The van der Waals surface area contributed by atoms with Gasteiger partial charge in [-0.15, -0.1) is 0 Å². The Bertz CT molecular complexity index is 278. The number of ether oxygens (including phenoxy) is 1. The maximum Gasteiger partial charge on any atom is 0.222 e. The summed E-state index contributed by atoms with van der Waals surface area (Å²) in [6, 6.07) is 0. The zero-order chi connectivity index (χ0) is 13.0. The second-order valence-corrected chi connectivity index (χ2v) is 6.06. The fourth-order valence-corrected chi connectivity index (χ4v) is 3.00. The number of carbonyl (C=O) groups excluding carboxylic acids is 1. The van der Waals surface area contributed by atoms with Crippen LogP contribution in [0.1, 0.15) is 38.5 Å². The molecule has 0 spiro atoms. The molecule has 1 aliphatic carbocycles. The van der Waals surface area contributed by atoms with Crippen molar-refractivity contribution in [2.45, 2.75) is 38.5 Å². The van der Waals surface area contributed by atoms with Crippen LogP contribution in [0.2, 0.25) is 0 Å². The average molecular weight is 254 g/mol. The molecule has 0 unspecified atom stereocenters. The Balaban J connectivity index is 1.77. The minimum atomic E-state index is 0.126. The number of nitrogens with two attached hydrogens (primary N) is 1.